The number of benzene rings is 2. The molecule has 8 heteroatoms. The van der Waals surface area contributed by atoms with Crippen molar-refractivity contribution in [3.05, 3.63) is 102 Å². The van der Waals surface area contributed by atoms with Crippen molar-refractivity contribution in [1.82, 2.24) is 19.2 Å². The number of para-hydroxylation sites is 2. The van der Waals surface area contributed by atoms with Crippen LogP contribution >= 0.6 is 0 Å². The number of carbonyl (C=O) groups is 1. The molecule has 5 rings (SSSR count). The molecule has 0 aliphatic carbocycles. The fourth-order valence-corrected chi connectivity index (χ4v) is 4.19. The summed E-state index contributed by atoms with van der Waals surface area (Å²) in [7, 11) is 0. The Hall–Kier alpha value is -4.77. The maximum Gasteiger partial charge on any atom is 0.278 e. The number of ketones is 1. The number of hydrogen-bond donors (Lipinski definition) is 1. The zero-order valence-corrected chi connectivity index (χ0v) is 18.7. The molecule has 8 nitrogen and oxygen atoms in total. The number of aryl methyl sites for hydroxylation is 1. The van der Waals surface area contributed by atoms with E-state index in [0.717, 1.165) is 0 Å². The molecule has 166 valence electrons. The van der Waals surface area contributed by atoms with Crippen LogP contribution in [0.4, 0.5) is 0 Å². The third-order valence-corrected chi connectivity index (χ3v) is 6.05. The van der Waals surface area contributed by atoms with Gasteiger partial charge in [-0.25, -0.2) is 9.67 Å². The summed E-state index contributed by atoms with van der Waals surface area (Å²) in [4.78, 5) is 42.8. The van der Waals surface area contributed by atoms with Crippen LogP contribution < -0.4 is 16.3 Å². The quantitative estimate of drug-likeness (QED) is 0.426. The van der Waals surface area contributed by atoms with Crippen molar-refractivity contribution < 1.29 is 4.79 Å². The molecule has 1 N–H and O–H groups in total. The number of nitriles is 1. The van der Waals surface area contributed by atoms with E-state index in [4.69, 9.17) is 0 Å². The zero-order valence-electron chi connectivity index (χ0n) is 18.7. The third-order valence-electron chi connectivity index (χ3n) is 6.05. The van der Waals surface area contributed by atoms with Gasteiger partial charge in [0.1, 0.15) is 6.07 Å². The Morgan fingerprint density at radius 1 is 1.06 bits per heavy atom. The van der Waals surface area contributed by atoms with Crippen LogP contribution in [0.2, 0.25) is 0 Å². The highest BCUT2D eigenvalue weighted by molar-refractivity contribution is 5.94. The fourth-order valence-electron chi connectivity index (χ4n) is 4.19. The van der Waals surface area contributed by atoms with Crippen LogP contribution in [0.3, 0.4) is 0 Å². The molecular formula is C26H19N5O3. The number of H-pyrrole nitrogens is 1. The van der Waals surface area contributed by atoms with Gasteiger partial charge in [-0.05, 0) is 68.8 Å². The number of aromatic amines is 1. The maximum atomic E-state index is 13.5. The second-order valence-corrected chi connectivity index (χ2v) is 8.13. The van der Waals surface area contributed by atoms with E-state index in [1.54, 1.807) is 56.3 Å². The second kappa shape index (κ2) is 7.67. The van der Waals surface area contributed by atoms with E-state index in [-0.39, 0.29) is 27.7 Å². The molecule has 5 aromatic rings. The van der Waals surface area contributed by atoms with E-state index < -0.39 is 0 Å². The van der Waals surface area contributed by atoms with E-state index in [2.05, 4.69) is 16.2 Å². The lowest BCUT2D eigenvalue weighted by molar-refractivity contribution is 0.101. The van der Waals surface area contributed by atoms with Gasteiger partial charge in [0, 0.05) is 16.5 Å². The normalized spacial score (nSPS) is 11.9. The van der Waals surface area contributed by atoms with E-state index in [1.807, 2.05) is 6.07 Å². The number of hydrogen-bond acceptors (Lipinski definition) is 5. The van der Waals surface area contributed by atoms with Crippen molar-refractivity contribution in [3.8, 4) is 11.8 Å². The molecule has 3 heterocycles. The highest BCUT2D eigenvalue weighted by atomic mass is 16.1. The number of rotatable bonds is 3. The zero-order chi connectivity index (χ0) is 24.1. The Labute approximate surface area is 193 Å². The Morgan fingerprint density at radius 2 is 1.76 bits per heavy atom. The molecule has 0 bridgehead atoms. The number of nitrogens with zero attached hydrogens (tertiary/aromatic N) is 4. The number of pyridine rings is 1. The summed E-state index contributed by atoms with van der Waals surface area (Å²) in [6.07, 6.45) is 1.53. The van der Waals surface area contributed by atoms with Gasteiger partial charge in [0.15, 0.2) is 11.4 Å². The van der Waals surface area contributed by atoms with Gasteiger partial charge in [-0.3, -0.25) is 23.9 Å². The predicted octanol–water partition coefficient (Wildman–Crippen LogP) is 2.57. The van der Waals surface area contributed by atoms with Crippen LogP contribution in [-0.2, 0) is 0 Å². The Bertz CT molecular complexity index is 1850. The van der Waals surface area contributed by atoms with Crippen molar-refractivity contribution in [3.63, 3.8) is 0 Å². The predicted molar refractivity (Wildman–Crippen MR) is 128 cm³/mol. The standard InChI is InChI=1S/C26H19N5O3/c1-14-19(25(33)30-23-7-5-4-6-22(23)28-24(30)21(14)13-27)12-20-15(2)29-31(26(20)34)18-10-8-17(9-11-18)16(3)32/h4-12,29H,1-3H3/b19-12-. The van der Waals surface area contributed by atoms with Gasteiger partial charge in [-0.1, -0.05) is 12.1 Å². The molecule has 0 spiro atoms. The molecule has 0 saturated heterocycles. The molecule has 0 unspecified atom stereocenters. The molecular weight excluding hydrogens is 430 g/mol. The first-order valence-electron chi connectivity index (χ1n) is 10.6. The fraction of sp³-hybridized carbons (Fsp3) is 0.115. The van der Waals surface area contributed by atoms with E-state index in [9.17, 15) is 19.6 Å². The minimum Gasteiger partial charge on any atom is -0.295 e. The molecule has 3 aromatic heterocycles. The van der Waals surface area contributed by atoms with Gasteiger partial charge in [0.05, 0.1) is 27.8 Å². The minimum absolute atomic E-state index is 0.0650. The van der Waals surface area contributed by atoms with Crippen LogP contribution in [0.1, 0.15) is 39.7 Å². The smallest absolute Gasteiger partial charge is 0.278 e. The van der Waals surface area contributed by atoms with Gasteiger partial charge in [-0.15, -0.1) is 0 Å². The molecule has 0 fully saturated rings. The van der Waals surface area contributed by atoms with Gasteiger partial charge in [0.25, 0.3) is 11.1 Å². The number of carbonyl (C=O) groups excluding carboxylic acids is 1. The van der Waals surface area contributed by atoms with Crippen LogP contribution in [-0.4, -0.2) is 24.9 Å². The number of Topliss-reactive ketones (excluding diaryl/α,β-unsaturated/α-hetero) is 1. The number of imidazole rings is 1. The first kappa shape index (κ1) is 21.1. The van der Waals surface area contributed by atoms with Crippen molar-refractivity contribution >= 4 is 28.5 Å². The van der Waals surface area contributed by atoms with Crippen LogP contribution in [0.25, 0.3) is 28.4 Å². The van der Waals surface area contributed by atoms with E-state index >= 15 is 0 Å². The Morgan fingerprint density at radius 3 is 2.44 bits per heavy atom. The Kier molecular flexibility index (Phi) is 4.76. The lowest BCUT2D eigenvalue weighted by atomic mass is 10.1. The summed E-state index contributed by atoms with van der Waals surface area (Å²) in [5.74, 6) is -0.0650. The van der Waals surface area contributed by atoms with Crippen molar-refractivity contribution in [2.24, 2.45) is 0 Å². The van der Waals surface area contributed by atoms with Gasteiger partial charge < -0.3 is 0 Å². The first-order valence-corrected chi connectivity index (χ1v) is 10.6. The number of nitrogens with one attached hydrogen (secondary N) is 1. The summed E-state index contributed by atoms with van der Waals surface area (Å²) in [6, 6.07) is 16.0. The monoisotopic (exact) mass is 449 g/mol. The lowest BCUT2D eigenvalue weighted by Gasteiger charge is -2.02. The number of aromatic nitrogens is 4. The summed E-state index contributed by atoms with van der Waals surface area (Å²) in [6.45, 7) is 4.90. The van der Waals surface area contributed by atoms with Gasteiger partial charge >= 0.3 is 0 Å². The minimum atomic E-state index is -0.349. The molecule has 2 aromatic carbocycles. The topological polar surface area (TPSA) is 113 Å². The highest BCUT2D eigenvalue weighted by Gasteiger charge is 2.18. The van der Waals surface area contributed by atoms with E-state index in [0.29, 0.717) is 44.8 Å². The third kappa shape index (κ3) is 3.06. The molecule has 0 aliphatic heterocycles. The largest absolute Gasteiger partial charge is 0.295 e. The van der Waals surface area contributed by atoms with Crippen molar-refractivity contribution in [1.29, 1.82) is 5.26 Å². The summed E-state index contributed by atoms with van der Waals surface area (Å²) >= 11 is 0. The van der Waals surface area contributed by atoms with Crippen LogP contribution in [0.5, 0.6) is 0 Å². The molecule has 0 atom stereocenters. The summed E-state index contributed by atoms with van der Waals surface area (Å²) in [5.41, 5.74) is 3.55. The molecule has 0 amide bonds. The summed E-state index contributed by atoms with van der Waals surface area (Å²) in [5, 5.41) is 13.1. The SMILES string of the molecule is CC(=O)c1ccc(-n2[nH]c(C)c(/C=c3/c(C)c(C#N)c4nc5ccccc5n4c3=O)c2=O)cc1. The maximum absolute atomic E-state index is 13.5. The first-order chi connectivity index (χ1) is 16.3. The van der Waals surface area contributed by atoms with Crippen LogP contribution in [0.15, 0.2) is 58.1 Å². The average Bonchev–Trinajstić information content (AvgIpc) is 3.34. The van der Waals surface area contributed by atoms with Crippen LogP contribution in [0, 0.1) is 25.2 Å². The second-order valence-electron chi connectivity index (χ2n) is 8.13. The molecule has 0 aliphatic rings. The van der Waals surface area contributed by atoms with Gasteiger partial charge in [-0.2, -0.15) is 5.26 Å². The Balaban J connectivity index is 1.79. The van der Waals surface area contributed by atoms with Gasteiger partial charge in [0.2, 0.25) is 0 Å². The van der Waals surface area contributed by atoms with E-state index in [1.165, 1.54) is 22.1 Å². The average molecular weight is 449 g/mol. The highest BCUT2D eigenvalue weighted by Crippen LogP contribution is 2.18. The molecule has 34 heavy (non-hydrogen) atoms. The number of fused-ring (bicyclic) bond motifs is 3. The van der Waals surface area contributed by atoms with Crippen molar-refractivity contribution in [2.75, 3.05) is 0 Å². The molecule has 0 saturated carbocycles. The lowest BCUT2D eigenvalue weighted by Crippen LogP contribution is -2.34. The molecule has 0 radical (unpaired) electrons. The van der Waals surface area contributed by atoms with Crippen molar-refractivity contribution in [2.45, 2.75) is 20.8 Å². The summed E-state index contributed by atoms with van der Waals surface area (Å²) < 4.78 is 2.79.